The molecule has 2 heterocycles. The average Bonchev–Trinajstić information content (AvgIpc) is 2.88. The van der Waals surface area contributed by atoms with Crippen molar-refractivity contribution in [2.45, 2.75) is 25.3 Å². The lowest BCUT2D eigenvalue weighted by atomic mass is 10.0. The molecule has 20 heavy (non-hydrogen) atoms. The summed E-state index contributed by atoms with van der Waals surface area (Å²) in [6.45, 7) is 2.09. The SMILES string of the molecule is CN1CCCC(NC(=O)Cc2cccc3[nH]ccc23)C1. The number of hydrogen-bond acceptors (Lipinski definition) is 2. The largest absolute Gasteiger partial charge is 0.361 e. The summed E-state index contributed by atoms with van der Waals surface area (Å²) < 4.78 is 0. The smallest absolute Gasteiger partial charge is 0.224 e. The van der Waals surface area contributed by atoms with Gasteiger partial charge in [0.2, 0.25) is 5.91 Å². The highest BCUT2D eigenvalue weighted by atomic mass is 16.1. The van der Waals surface area contributed by atoms with Crippen LogP contribution in [0.5, 0.6) is 0 Å². The third-order valence-electron chi connectivity index (χ3n) is 4.03. The quantitative estimate of drug-likeness (QED) is 0.896. The monoisotopic (exact) mass is 271 g/mol. The Hall–Kier alpha value is -1.81. The van der Waals surface area contributed by atoms with E-state index in [4.69, 9.17) is 0 Å². The van der Waals surface area contributed by atoms with Gasteiger partial charge in [-0.2, -0.15) is 0 Å². The summed E-state index contributed by atoms with van der Waals surface area (Å²) >= 11 is 0. The number of piperidine rings is 1. The molecule has 0 radical (unpaired) electrons. The second-order valence-corrected chi connectivity index (χ2v) is 5.70. The van der Waals surface area contributed by atoms with E-state index >= 15 is 0 Å². The number of amides is 1. The summed E-state index contributed by atoms with van der Waals surface area (Å²) in [6.07, 6.45) is 4.62. The van der Waals surface area contributed by atoms with Crippen LogP contribution in [0.25, 0.3) is 10.9 Å². The average molecular weight is 271 g/mol. The molecule has 0 aliphatic carbocycles. The van der Waals surface area contributed by atoms with Crippen LogP contribution in [0, 0.1) is 0 Å². The summed E-state index contributed by atoms with van der Waals surface area (Å²) in [5.41, 5.74) is 2.18. The maximum atomic E-state index is 12.2. The van der Waals surface area contributed by atoms with E-state index in [-0.39, 0.29) is 5.91 Å². The van der Waals surface area contributed by atoms with E-state index in [1.807, 2.05) is 30.5 Å². The topological polar surface area (TPSA) is 48.1 Å². The third kappa shape index (κ3) is 2.85. The normalized spacial score (nSPS) is 20.1. The Morgan fingerprint density at radius 3 is 3.20 bits per heavy atom. The van der Waals surface area contributed by atoms with E-state index in [2.05, 4.69) is 22.2 Å². The highest BCUT2D eigenvalue weighted by molar-refractivity contribution is 5.88. The number of nitrogens with zero attached hydrogens (tertiary/aromatic N) is 1. The third-order valence-corrected chi connectivity index (χ3v) is 4.03. The number of likely N-dealkylation sites (N-methyl/N-ethyl adjacent to an activating group) is 1. The second kappa shape index (κ2) is 5.67. The Labute approximate surface area is 119 Å². The van der Waals surface area contributed by atoms with Gasteiger partial charge in [-0.25, -0.2) is 0 Å². The van der Waals surface area contributed by atoms with Crippen molar-refractivity contribution in [1.82, 2.24) is 15.2 Å². The molecule has 1 amide bonds. The van der Waals surface area contributed by atoms with Crippen LogP contribution >= 0.6 is 0 Å². The van der Waals surface area contributed by atoms with Crippen LogP contribution in [0.1, 0.15) is 18.4 Å². The number of benzene rings is 1. The molecule has 1 aromatic heterocycles. The van der Waals surface area contributed by atoms with Gasteiger partial charge in [0.05, 0.1) is 6.42 Å². The van der Waals surface area contributed by atoms with Crippen LogP contribution < -0.4 is 5.32 Å². The molecular weight excluding hydrogens is 250 g/mol. The number of rotatable bonds is 3. The van der Waals surface area contributed by atoms with Crippen LogP contribution in [-0.4, -0.2) is 42.0 Å². The number of aromatic nitrogens is 1. The number of likely N-dealkylation sites (tertiary alicyclic amines) is 1. The molecule has 106 valence electrons. The minimum Gasteiger partial charge on any atom is -0.361 e. The van der Waals surface area contributed by atoms with Crippen LogP contribution in [0.3, 0.4) is 0 Å². The molecule has 1 aromatic carbocycles. The van der Waals surface area contributed by atoms with Gasteiger partial charge in [0.15, 0.2) is 0 Å². The molecule has 1 aliphatic heterocycles. The van der Waals surface area contributed by atoms with Crippen molar-refractivity contribution in [2.75, 3.05) is 20.1 Å². The highest BCUT2D eigenvalue weighted by Gasteiger charge is 2.19. The maximum absolute atomic E-state index is 12.2. The number of carbonyl (C=O) groups is 1. The first kappa shape index (κ1) is 13.2. The van der Waals surface area contributed by atoms with Crippen molar-refractivity contribution in [3.63, 3.8) is 0 Å². The summed E-state index contributed by atoms with van der Waals surface area (Å²) in [7, 11) is 2.11. The molecule has 0 bridgehead atoms. The van der Waals surface area contributed by atoms with Gasteiger partial charge in [-0.15, -0.1) is 0 Å². The zero-order valence-electron chi connectivity index (χ0n) is 11.9. The summed E-state index contributed by atoms with van der Waals surface area (Å²) in [4.78, 5) is 17.7. The number of H-pyrrole nitrogens is 1. The predicted octanol–water partition coefficient (Wildman–Crippen LogP) is 1.92. The Balaban J connectivity index is 1.65. The van der Waals surface area contributed by atoms with Crippen LogP contribution in [0.2, 0.25) is 0 Å². The predicted molar refractivity (Wildman–Crippen MR) is 80.7 cm³/mol. The van der Waals surface area contributed by atoms with Crippen molar-refractivity contribution < 1.29 is 4.79 Å². The molecule has 1 saturated heterocycles. The zero-order chi connectivity index (χ0) is 13.9. The fraction of sp³-hybridized carbons (Fsp3) is 0.438. The molecule has 2 N–H and O–H groups in total. The van der Waals surface area contributed by atoms with Crippen molar-refractivity contribution in [1.29, 1.82) is 0 Å². The summed E-state index contributed by atoms with van der Waals surface area (Å²) in [6, 6.07) is 8.39. The van der Waals surface area contributed by atoms with Crippen molar-refractivity contribution in [2.24, 2.45) is 0 Å². The Morgan fingerprint density at radius 1 is 1.45 bits per heavy atom. The molecule has 1 fully saturated rings. The van der Waals surface area contributed by atoms with Gasteiger partial charge in [-0.1, -0.05) is 12.1 Å². The highest BCUT2D eigenvalue weighted by Crippen LogP contribution is 2.18. The molecule has 3 rings (SSSR count). The zero-order valence-corrected chi connectivity index (χ0v) is 11.9. The molecule has 4 nitrogen and oxygen atoms in total. The molecule has 4 heteroatoms. The van der Waals surface area contributed by atoms with Gasteiger partial charge in [-0.3, -0.25) is 4.79 Å². The lowest BCUT2D eigenvalue weighted by molar-refractivity contribution is -0.121. The van der Waals surface area contributed by atoms with Crippen molar-refractivity contribution in [3.05, 3.63) is 36.0 Å². The van der Waals surface area contributed by atoms with Gasteiger partial charge in [0, 0.05) is 29.7 Å². The lowest BCUT2D eigenvalue weighted by Crippen LogP contribution is -2.46. The van der Waals surface area contributed by atoms with Gasteiger partial charge < -0.3 is 15.2 Å². The van der Waals surface area contributed by atoms with E-state index < -0.39 is 0 Å². The summed E-state index contributed by atoms with van der Waals surface area (Å²) in [5, 5.41) is 4.31. The molecule has 0 spiro atoms. The number of nitrogens with one attached hydrogen (secondary N) is 2. The fourth-order valence-corrected chi connectivity index (χ4v) is 3.04. The summed E-state index contributed by atoms with van der Waals surface area (Å²) in [5.74, 6) is 0.124. The first-order chi connectivity index (χ1) is 9.72. The Kier molecular flexibility index (Phi) is 3.74. The molecule has 0 saturated carbocycles. The molecular formula is C16H21N3O. The molecule has 1 aliphatic rings. The second-order valence-electron chi connectivity index (χ2n) is 5.70. The number of carbonyl (C=O) groups excluding carboxylic acids is 1. The lowest BCUT2D eigenvalue weighted by Gasteiger charge is -2.30. The fourth-order valence-electron chi connectivity index (χ4n) is 3.04. The van der Waals surface area contributed by atoms with Gasteiger partial charge >= 0.3 is 0 Å². The minimum absolute atomic E-state index is 0.124. The van der Waals surface area contributed by atoms with E-state index in [1.165, 1.54) is 0 Å². The van der Waals surface area contributed by atoms with Gasteiger partial charge in [-0.05, 0) is 44.1 Å². The van der Waals surface area contributed by atoms with Crippen molar-refractivity contribution >= 4 is 16.8 Å². The molecule has 1 unspecified atom stereocenters. The molecule has 1 atom stereocenters. The van der Waals surface area contributed by atoms with Gasteiger partial charge in [0.1, 0.15) is 0 Å². The van der Waals surface area contributed by atoms with E-state index in [1.54, 1.807) is 0 Å². The van der Waals surface area contributed by atoms with Crippen LogP contribution in [0.4, 0.5) is 0 Å². The number of hydrogen-bond donors (Lipinski definition) is 2. The molecule has 2 aromatic rings. The Morgan fingerprint density at radius 2 is 2.35 bits per heavy atom. The Bertz CT molecular complexity index is 605. The maximum Gasteiger partial charge on any atom is 0.224 e. The number of aromatic amines is 1. The van der Waals surface area contributed by atoms with E-state index in [0.29, 0.717) is 12.5 Å². The van der Waals surface area contributed by atoms with E-state index in [9.17, 15) is 4.79 Å². The van der Waals surface area contributed by atoms with Crippen molar-refractivity contribution in [3.8, 4) is 0 Å². The first-order valence-corrected chi connectivity index (χ1v) is 7.25. The minimum atomic E-state index is 0.124. The first-order valence-electron chi connectivity index (χ1n) is 7.25. The van der Waals surface area contributed by atoms with Gasteiger partial charge in [0.25, 0.3) is 0 Å². The van der Waals surface area contributed by atoms with E-state index in [0.717, 1.165) is 42.4 Å². The van der Waals surface area contributed by atoms with Crippen LogP contribution in [-0.2, 0) is 11.2 Å². The standard InChI is InChI=1S/C16H21N3O/c1-19-9-3-5-13(11-19)18-16(20)10-12-4-2-6-15-14(12)7-8-17-15/h2,4,6-8,13,17H,3,5,9-11H2,1H3,(H,18,20). The van der Waals surface area contributed by atoms with Crippen LogP contribution in [0.15, 0.2) is 30.5 Å². The number of fused-ring (bicyclic) bond motifs is 1.